The SMILES string of the molecule is CC(CC#N)N(C)C(=O)N1CCCC(CC(=O)O)C1. The lowest BCUT2D eigenvalue weighted by Gasteiger charge is -2.36. The molecule has 2 unspecified atom stereocenters. The molecule has 0 aliphatic carbocycles. The number of rotatable bonds is 4. The van der Waals surface area contributed by atoms with Crippen molar-refractivity contribution in [2.45, 2.75) is 38.6 Å². The van der Waals surface area contributed by atoms with Gasteiger partial charge in [0.2, 0.25) is 0 Å². The number of carboxylic acids is 1. The predicted octanol–water partition coefficient (Wildman–Crippen LogP) is 1.53. The molecule has 1 aliphatic rings. The molecule has 6 nitrogen and oxygen atoms in total. The highest BCUT2D eigenvalue weighted by molar-refractivity contribution is 5.75. The molecule has 0 aromatic rings. The predicted molar refractivity (Wildman–Crippen MR) is 69.4 cm³/mol. The third kappa shape index (κ3) is 4.43. The van der Waals surface area contributed by atoms with Gasteiger partial charge >= 0.3 is 12.0 Å². The fourth-order valence-corrected chi connectivity index (χ4v) is 2.33. The highest BCUT2D eigenvalue weighted by Crippen LogP contribution is 2.21. The normalized spacial score (nSPS) is 20.5. The number of carbonyl (C=O) groups is 2. The number of hydrogen-bond acceptors (Lipinski definition) is 3. The van der Waals surface area contributed by atoms with Crippen LogP contribution in [0.2, 0.25) is 0 Å². The lowest BCUT2D eigenvalue weighted by atomic mass is 9.95. The Hall–Kier alpha value is -1.77. The third-order valence-electron chi connectivity index (χ3n) is 3.60. The summed E-state index contributed by atoms with van der Waals surface area (Å²) in [7, 11) is 1.69. The van der Waals surface area contributed by atoms with Crippen molar-refractivity contribution >= 4 is 12.0 Å². The Bertz CT molecular complexity index is 378. The lowest BCUT2D eigenvalue weighted by Crippen LogP contribution is -2.49. The first-order valence-corrected chi connectivity index (χ1v) is 6.56. The van der Waals surface area contributed by atoms with Crippen LogP contribution in [0.5, 0.6) is 0 Å². The second-order valence-corrected chi connectivity index (χ2v) is 5.16. The largest absolute Gasteiger partial charge is 0.481 e. The fraction of sp³-hybridized carbons (Fsp3) is 0.769. The minimum atomic E-state index is -0.814. The second-order valence-electron chi connectivity index (χ2n) is 5.16. The average molecular weight is 267 g/mol. The molecule has 1 fully saturated rings. The van der Waals surface area contributed by atoms with E-state index in [2.05, 4.69) is 6.07 Å². The van der Waals surface area contributed by atoms with Crippen molar-refractivity contribution < 1.29 is 14.7 Å². The lowest BCUT2D eigenvalue weighted by molar-refractivity contribution is -0.138. The van der Waals surface area contributed by atoms with Crippen molar-refractivity contribution in [3.05, 3.63) is 0 Å². The summed E-state index contributed by atoms with van der Waals surface area (Å²) in [6, 6.07) is 1.81. The summed E-state index contributed by atoms with van der Waals surface area (Å²) >= 11 is 0. The minimum absolute atomic E-state index is 0.0369. The van der Waals surface area contributed by atoms with E-state index in [1.807, 2.05) is 6.92 Å². The number of aliphatic carboxylic acids is 1. The van der Waals surface area contributed by atoms with Gasteiger partial charge in [0.15, 0.2) is 0 Å². The zero-order valence-corrected chi connectivity index (χ0v) is 11.5. The Morgan fingerprint density at radius 3 is 2.84 bits per heavy atom. The molecule has 0 spiro atoms. The van der Waals surface area contributed by atoms with Crippen LogP contribution in [0.4, 0.5) is 4.79 Å². The van der Waals surface area contributed by atoms with Crippen LogP contribution >= 0.6 is 0 Å². The van der Waals surface area contributed by atoms with E-state index in [1.165, 1.54) is 0 Å². The quantitative estimate of drug-likeness (QED) is 0.837. The maximum Gasteiger partial charge on any atom is 0.320 e. The van der Waals surface area contributed by atoms with Crippen molar-refractivity contribution in [1.29, 1.82) is 5.26 Å². The molecule has 1 N–H and O–H groups in total. The van der Waals surface area contributed by atoms with Gasteiger partial charge in [-0.3, -0.25) is 4.79 Å². The van der Waals surface area contributed by atoms with Gasteiger partial charge in [0.05, 0.1) is 12.5 Å². The highest BCUT2D eigenvalue weighted by Gasteiger charge is 2.28. The summed E-state index contributed by atoms with van der Waals surface area (Å²) in [5.41, 5.74) is 0. The van der Waals surface area contributed by atoms with Crippen LogP contribution in [0.25, 0.3) is 0 Å². The van der Waals surface area contributed by atoms with Gasteiger partial charge in [-0.15, -0.1) is 0 Å². The molecule has 1 aliphatic heterocycles. The van der Waals surface area contributed by atoms with E-state index in [-0.39, 0.29) is 24.4 Å². The number of urea groups is 1. The molecule has 19 heavy (non-hydrogen) atoms. The molecule has 6 heteroatoms. The number of nitriles is 1. The highest BCUT2D eigenvalue weighted by atomic mass is 16.4. The monoisotopic (exact) mass is 267 g/mol. The zero-order valence-electron chi connectivity index (χ0n) is 11.5. The maximum atomic E-state index is 12.2. The van der Waals surface area contributed by atoms with Gasteiger partial charge in [-0.1, -0.05) is 0 Å². The Balaban J connectivity index is 2.56. The van der Waals surface area contributed by atoms with Gasteiger partial charge in [0.1, 0.15) is 0 Å². The Labute approximate surface area is 113 Å². The van der Waals surface area contributed by atoms with Crippen molar-refractivity contribution in [1.82, 2.24) is 9.80 Å². The number of piperidine rings is 1. The molecule has 0 bridgehead atoms. The molecular weight excluding hydrogens is 246 g/mol. The van der Waals surface area contributed by atoms with E-state index in [0.717, 1.165) is 12.8 Å². The van der Waals surface area contributed by atoms with Crippen LogP contribution in [0.15, 0.2) is 0 Å². The van der Waals surface area contributed by atoms with Crippen LogP contribution < -0.4 is 0 Å². The summed E-state index contributed by atoms with van der Waals surface area (Å²) in [6.07, 6.45) is 2.10. The van der Waals surface area contributed by atoms with E-state index in [0.29, 0.717) is 19.5 Å². The van der Waals surface area contributed by atoms with E-state index in [4.69, 9.17) is 10.4 Å². The molecule has 1 saturated heterocycles. The Morgan fingerprint density at radius 1 is 1.58 bits per heavy atom. The van der Waals surface area contributed by atoms with E-state index < -0.39 is 5.97 Å². The van der Waals surface area contributed by atoms with Crippen LogP contribution in [0.1, 0.15) is 32.6 Å². The number of likely N-dealkylation sites (tertiary alicyclic amines) is 1. The average Bonchev–Trinajstić information content (AvgIpc) is 2.36. The van der Waals surface area contributed by atoms with E-state index >= 15 is 0 Å². The van der Waals surface area contributed by atoms with Crippen molar-refractivity contribution in [3.63, 3.8) is 0 Å². The number of amides is 2. The van der Waals surface area contributed by atoms with Gasteiger partial charge in [-0.05, 0) is 25.7 Å². The molecule has 1 rings (SSSR count). The summed E-state index contributed by atoms with van der Waals surface area (Å²) in [5, 5.41) is 17.5. The van der Waals surface area contributed by atoms with Gasteiger partial charge in [0.25, 0.3) is 0 Å². The summed E-state index contributed by atoms with van der Waals surface area (Å²) in [4.78, 5) is 26.2. The number of carboxylic acid groups (broad SMARTS) is 1. The fourth-order valence-electron chi connectivity index (χ4n) is 2.33. The van der Waals surface area contributed by atoms with Crippen LogP contribution in [-0.4, -0.2) is 53.1 Å². The summed E-state index contributed by atoms with van der Waals surface area (Å²) in [5.74, 6) is -0.777. The molecule has 0 radical (unpaired) electrons. The van der Waals surface area contributed by atoms with Crippen molar-refractivity contribution in [2.24, 2.45) is 5.92 Å². The topological polar surface area (TPSA) is 84.6 Å². The molecule has 0 saturated carbocycles. The summed E-state index contributed by atoms with van der Waals surface area (Å²) < 4.78 is 0. The van der Waals surface area contributed by atoms with Crippen LogP contribution in [-0.2, 0) is 4.79 Å². The Morgan fingerprint density at radius 2 is 2.26 bits per heavy atom. The molecule has 2 amide bonds. The summed E-state index contributed by atoms with van der Waals surface area (Å²) in [6.45, 7) is 2.99. The van der Waals surface area contributed by atoms with Crippen molar-refractivity contribution in [2.75, 3.05) is 20.1 Å². The van der Waals surface area contributed by atoms with Gasteiger partial charge in [-0.25, -0.2) is 4.79 Å². The molecule has 0 aromatic carbocycles. The number of carbonyl (C=O) groups excluding carboxylic acids is 1. The first-order chi connectivity index (χ1) is 8.95. The number of nitrogens with zero attached hydrogens (tertiary/aromatic N) is 3. The molecular formula is C13H21N3O3. The van der Waals surface area contributed by atoms with E-state index in [1.54, 1.807) is 16.8 Å². The number of hydrogen-bond donors (Lipinski definition) is 1. The Kier molecular flexibility index (Phi) is 5.61. The molecule has 0 aromatic heterocycles. The zero-order chi connectivity index (χ0) is 14.4. The van der Waals surface area contributed by atoms with E-state index in [9.17, 15) is 9.59 Å². The van der Waals surface area contributed by atoms with Crippen molar-refractivity contribution in [3.8, 4) is 6.07 Å². The first-order valence-electron chi connectivity index (χ1n) is 6.56. The van der Waals surface area contributed by atoms with Crippen LogP contribution in [0, 0.1) is 17.2 Å². The standard InChI is InChI=1S/C13H21N3O3/c1-10(5-6-14)15(2)13(19)16-7-3-4-11(9-16)8-12(17)18/h10-11H,3-5,7-9H2,1-2H3,(H,17,18). The third-order valence-corrected chi connectivity index (χ3v) is 3.60. The molecule has 106 valence electrons. The second kappa shape index (κ2) is 6.98. The van der Waals surface area contributed by atoms with Gasteiger partial charge < -0.3 is 14.9 Å². The smallest absolute Gasteiger partial charge is 0.320 e. The molecule has 2 atom stereocenters. The van der Waals surface area contributed by atoms with Crippen LogP contribution in [0.3, 0.4) is 0 Å². The molecule has 1 heterocycles. The van der Waals surface area contributed by atoms with Gasteiger partial charge in [-0.2, -0.15) is 5.26 Å². The maximum absolute atomic E-state index is 12.2. The van der Waals surface area contributed by atoms with Gasteiger partial charge in [0, 0.05) is 32.6 Å². The minimum Gasteiger partial charge on any atom is -0.481 e. The first kappa shape index (κ1) is 15.3.